The summed E-state index contributed by atoms with van der Waals surface area (Å²) in [7, 11) is 1.17. The molecule has 0 spiro atoms. The summed E-state index contributed by atoms with van der Waals surface area (Å²) in [5.74, 6) is 0. The van der Waals surface area contributed by atoms with E-state index in [1.165, 1.54) is 17.6 Å². The van der Waals surface area contributed by atoms with Crippen LogP contribution in [0.4, 0.5) is 0 Å². The third kappa shape index (κ3) is 5.68. The predicted molar refractivity (Wildman–Crippen MR) is 43.5 cm³/mol. The molecule has 0 aliphatic rings. The number of hydrogen-bond acceptors (Lipinski definition) is 0. The zero-order valence-corrected chi connectivity index (χ0v) is 7.99. The van der Waals surface area contributed by atoms with Gasteiger partial charge in [-0.3, -0.25) is 0 Å². The highest BCUT2D eigenvalue weighted by molar-refractivity contribution is 14.1. The first-order chi connectivity index (χ1) is 2.41. The van der Waals surface area contributed by atoms with E-state index >= 15 is 0 Å². The van der Waals surface area contributed by atoms with Crippen molar-refractivity contribution in [2.45, 2.75) is 0 Å². The lowest BCUT2D eigenvalue weighted by Gasteiger charge is -1.73. The second-order valence-corrected chi connectivity index (χ2v) is 6.13. The Morgan fingerprint density at radius 3 is 1.60 bits per heavy atom. The molecule has 0 amide bonds. The molecule has 30 valence electrons. The maximum atomic E-state index is 2.39. The molecule has 5 heavy (non-hydrogen) atoms. The van der Waals surface area contributed by atoms with Crippen LogP contribution in [-0.4, -0.2) is 17.6 Å². The Hall–Kier alpha value is 1.68. The molecule has 0 bridgehead atoms. The summed E-state index contributed by atoms with van der Waals surface area (Å²) in [5.41, 5.74) is 0. The van der Waals surface area contributed by atoms with Gasteiger partial charge in [-0.05, 0) is 8.10 Å². The Labute approximate surface area is 62.2 Å². The Kier molecular flexibility index (Phi) is 7.58. The molecule has 0 fully saturated rings. The summed E-state index contributed by atoms with van der Waals surface area (Å²) >= 11 is 4.79. The quantitative estimate of drug-likeness (QED) is 0.412. The van der Waals surface area contributed by atoms with Gasteiger partial charge >= 0.3 is 0 Å². The highest BCUT2D eigenvalue weighted by Crippen LogP contribution is 1.81. The van der Waals surface area contributed by atoms with Crippen molar-refractivity contribution in [2.24, 2.45) is 0 Å². The Morgan fingerprint density at radius 2 is 1.60 bits per heavy atom. The fraction of sp³-hybridized carbons (Fsp3) is 1.00. The van der Waals surface area contributed by atoms with Gasteiger partial charge in [0.05, 0.1) is 9.52 Å². The first kappa shape index (κ1) is 6.68. The van der Waals surface area contributed by atoms with E-state index < -0.39 is 0 Å². The lowest BCUT2D eigenvalue weighted by molar-refractivity contribution is 2.12. The zero-order valence-electron chi connectivity index (χ0n) is 2.67. The van der Waals surface area contributed by atoms with Crippen molar-refractivity contribution < 1.29 is 0 Å². The second-order valence-electron chi connectivity index (χ2n) is 0.517. The Balaban J connectivity index is 2.19. The largest absolute Gasteiger partial charge is 0.0903 e. The van der Waals surface area contributed by atoms with E-state index in [0.717, 1.165) is 0 Å². The topological polar surface area (TPSA) is 0 Å². The average Bonchev–Trinajstić information content (AvgIpc) is 1.41. The van der Waals surface area contributed by atoms with Crippen molar-refractivity contribution in [2.75, 3.05) is 8.10 Å². The fourth-order valence-electron chi connectivity index (χ4n) is 0.0357. The van der Waals surface area contributed by atoms with E-state index in [1.807, 2.05) is 0 Å². The molecular formula is C2H4I2Si. The van der Waals surface area contributed by atoms with Crippen molar-refractivity contribution in [3.05, 3.63) is 0 Å². The van der Waals surface area contributed by atoms with Crippen LogP contribution in [0.5, 0.6) is 0 Å². The minimum atomic E-state index is 1.17. The summed E-state index contributed by atoms with van der Waals surface area (Å²) < 4.78 is 2.67. The molecule has 0 aromatic heterocycles. The molecule has 3 heteroatoms. The molecule has 0 saturated carbocycles. The van der Waals surface area contributed by atoms with Crippen molar-refractivity contribution in [3.63, 3.8) is 0 Å². The molecule has 0 nitrogen and oxygen atoms in total. The summed E-state index contributed by atoms with van der Waals surface area (Å²) in [4.78, 5) is 0. The van der Waals surface area contributed by atoms with Gasteiger partial charge in [0.15, 0.2) is 0 Å². The normalized spacial score (nSPS) is 8.40. The van der Waals surface area contributed by atoms with Crippen molar-refractivity contribution >= 4 is 54.7 Å². The van der Waals surface area contributed by atoms with Gasteiger partial charge in [-0.2, -0.15) is 0 Å². The van der Waals surface area contributed by atoms with Gasteiger partial charge in [0, 0.05) is 0 Å². The molecule has 0 aromatic carbocycles. The monoisotopic (exact) mass is 310 g/mol. The van der Waals surface area contributed by atoms with Gasteiger partial charge in [-0.15, -0.1) is 0 Å². The van der Waals surface area contributed by atoms with Gasteiger partial charge in [-0.25, -0.2) is 0 Å². The van der Waals surface area contributed by atoms with Gasteiger partial charge < -0.3 is 0 Å². The lowest BCUT2D eigenvalue weighted by atomic mass is 11.9. The molecular weight excluding hydrogens is 306 g/mol. The van der Waals surface area contributed by atoms with Crippen molar-refractivity contribution in [3.8, 4) is 0 Å². The summed E-state index contributed by atoms with van der Waals surface area (Å²) in [5, 5.41) is 0. The maximum Gasteiger partial charge on any atom is 0.0626 e. The predicted octanol–water partition coefficient (Wildman–Crippen LogP) is 1.48. The van der Waals surface area contributed by atoms with Crippen LogP contribution in [0.15, 0.2) is 0 Å². The van der Waals surface area contributed by atoms with E-state index in [0.29, 0.717) is 0 Å². The highest BCUT2D eigenvalue weighted by atomic mass is 127. The van der Waals surface area contributed by atoms with Crippen LogP contribution < -0.4 is 0 Å². The van der Waals surface area contributed by atoms with E-state index in [4.69, 9.17) is 0 Å². The molecule has 0 unspecified atom stereocenters. The van der Waals surface area contributed by atoms with Gasteiger partial charge in [0.25, 0.3) is 0 Å². The maximum absolute atomic E-state index is 2.39. The van der Waals surface area contributed by atoms with Gasteiger partial charge in [-0.1, -0.05) is 45.2 Å². The summed E-state index contributed by atoms with van der Waals surface area (Å²) in [6.07, 6.45) is 0. The van der Waals surface area contributed by atoms with Crippen LogP contribution in [-0.2, 0) is 0 Å². The Bertz CT molecular complexity index is 15.1. The van der Waals surface area contributed by atoms with Gasteiger partial charge in [0.2, 0.25) is 0 Å². The summed E-state index contributed by atoms with van der Waals surface area (Å²) in [6, 6.07) is 0. The highest BCUT2D eigenvalue weighted by Gasteiger charge is 1.74. The summed E-state index contributed by atoms with van der Waals surface area (Å²) in [6.45, 7) is 0. The molecule has 0 rings (SSSR count). The Morgan fingerprint density at radius 1 is 1.20 bits per heavy atom. The first-order valence-electron chi connectivity index (χ1n) is 1.24. The third-order valence-corrected chi connectivity index (χ3v) is 3.80. The lowest BCUT2D eigenvalue weighted by Crippen LogP contribution is -1.89. The molecule has 0 saturated heterocycles. The van der Waals surface area contributed by atoms with Gasteiger partial charge in [0.1, 0.15) is 0 Å². The number of alkyl halides is 2. The smallest absolute Gasteiger partial charge is 0.0626 e. The molecule has 2 radical (unpaired) electrons. The number of halogens is 2. The molecule has 0 aromatic rings. The minimum Gasteiger partial charge on any atom is -0.0903 e. The fourth-order valence-corrected chi connectivity index (χ4v) is 4.82. The zero-order chi connectivity index (χ0) is 4.12. The van der Waals surface area contributed by atoms with E-state index in [9.17, 15) is 0 Å². The van der Waals surface area contributed by atoms with Crippen LogP contribution in [0, 0.1) is 0 Å². The average molecular weight is 310 g/mol. The van der Waals surface area contributed by atoms with Crippen molar-refractivity contribution in [1.82, 2.24) is 0 Å². The SMILES string of the molecule is IC[Si]CI. The standard InChI is InChI=1S/C2H4I2Si/c3-1-5-2-4/h1-2H2. The molecule has 0 aliphatic heterocycles. The van der Waals surface area contributed by atoms with E-state index in [-0.39, 0.29) is 0 Å². The minimum absolute atomic E-state index is 1.17. The van der Waals surface area contributed by atoms with Crippen molar-refractivity contribution in [1.29, 1.82) is 0 Å². The van der Waals surface area contributed by atoms with E-state index in [1.54, 1.807) is 0 Å². The van der Waals surface area contributed by atoms with E-state index in [2.05, 4.69) is 45.2 Å². The third-order valence-electron chi connectivity index (χ3n) is 0.189. The number of rotatable bonds is 2. The molecule has 0 aliphatic carbocycles. The number of hydrogen-bond donors (Lipinski definition) is 0. The van der Waals surface area contributed by atoms with Crippen LogP contribution in [0.25, 0.3) is 0 Å². The van der Waals surface area contributed by atoms with Crippen LogP contribution in [0.3, 0.4) is 0 Å². The van der Waals surface area contributed by atoms with Crippen LogP contribution in [0.2, 0.25) is 0 Å². The second kappa shape index (κ2) is 5.68. The van der Waals surface area contributed by atoms with Crippen LogP contribution in [0.1, 0.15) is 0 Å². The molecule has 0 atom stereocenters. The molecule has 0 heterocycles. The van der Waals surface area contributed by atoms with Crippen LogP contribution >= 0.6 is 45.2 Å². The first-order valence-corrected chi connectivity index (χ1v) is 5.71. The molecule has 0 N–H and O–H groups in total.